The lowest BCUT2D eigenvalue weighted by molar-refractivity contribution is 0.102. The lowest BCUT2D eigenvalue weighted by Gasteiger charge is -2.35. The van der Waals surface area contributed by atoms with Crippen molar-refractivity contribution in [3.8, 4) is 0 Å². The largest absolute Gasteiger partial charge is 0.341 e. The second-order valence-corrected chi connectivity index (χ2v) is 7.64. The number of anilines is 4. The van der Waals surface area contributed by atoms with Crippen molar-refractivity contribution >= 4 is 29.0 Å². The van der Waals surface area contributed by atoms with E-state index < -0.39 is 0 Å². The number of nitrogens with one attached hydrogen (secondary N) is 2. The third kappa shape index (κ3) is 3.35. The normalized spacial score (nSPS) is 17.4. The molecule has 2 aliphatic rings. The Hall–Kier alpha value is -2.67. The molecule has 1 saturated heterocycles. The van der Waals surface area contributed by atoms with Crippen molar-refractivity contribution < 1.29 is 4.79 Å². The number of hydrogen-bond acceptors (Lipinski definition) is 6. The van der Waals surface area contributed by atoms with Crippen LogP contribution in [-0.2, 0) is 0 Å². The van der Waals surface area contributed by atoms with Crippen LogP contribution in [-0.4, -0.2) is 54.0 Å². The van der Waals surface area contributed by atoms with Crippen LogP contribution in [0.3, 0.4) is 0 Å². The molecule has 0 bridgehead atoms. The predicted octanol–water partition coefficient (Wildman–Crippen LogP) is 2.93. The summed E-state index contributed by atoms with van der Waals surface area (Å²) in [5.74, 6) is 1.02. The van der Waals surface area contributed by atoms with Crippen molar-refractivity contribution in [2.75, 3.05) is 42.7 Å². The van der Waals surface area contributed by atoms with Gasteiger partial charge in [0.25, 0.3) is 5.91 Å². The van der Waals surface area contributed by atoms with Gasteiger partial charge in [-0.2, -0.15) is 4.98 Å². The lowest BCUT2D eigenvalue weighted by atomic mass is 10.0. The number of hydrogen-bond donors (Lipinski definition) is 2. The first-order valence-corrected chi connectivity index (χ1v) is 9.40. The molecule has 0 aliphatic carbocycles. The fourth-order valence-corrected chi connectivity index (χ4v) is 3.69. The summed E-state index contributed by atoms with van der Waals surface area (Å²) in [7, 11) is 4.19. The third-order valence-corrected chi connectivity index (χ3v) is 5.71. The van der Waals surface area contributed by atoms with Crippen LogP contribution < -0.4 is 15.5 Å². The number of aromatic nitrogens is 2. The van der Waals surface area contributed by atoms with E-state index in [2.05, 4.69) is 39.4 Å². The van der Waals surface area contributed by atoms with Crippen molar-refractivity contribution in [2.45, 2.75) is 32.7 Å². The van der Waals surface area contributed by atoms with Gasteiger partial charge in [0.1, 0.15) is 11.4 Å². The molecule has 7 heteroatoms. The van der Waals surface area contributed by atoms with Crippen molar-refractivity contribution in [1.29, 1.82) is 0 Å². The number of fused-ring (bicyclic) bond motifs is 2. The molecule has 1 fully saturated rings. The van der Waals surface area contributed by atoms with E-state index >= 15 is 0 Å². The summed E-state index contributed by atoms with van der Waals surface area (Å²) >= 11 is 0. The standard InChI is InChI=1S/C20H26N6O/c1-12-9-16-17(10-13(12)2)23-19(27)15-11-21-20(24-18(15)22-16)26(4)14-5-7-25(3)8-6-14/h9-11,14H,5-8H2,1-4H3,(H,23,27)(H,21,22,24). The van der Waals surface area contributed by atoms with Crippen LogP contribution >= 0.6 is 0 Å². The second kappa shape index (κ2) is 6.81. The molecule has 4 rings (SSSR count). The summed E-state index contributed by atoms with van der Waals surface area (Å²) in [6, 6.07) is 4.44. The predicted molar refractivity (Wildman–Crippen MR) is 108 cm³/mol. The van der Waals surface area contributed by atoms with Crippen LogP contribution in [0.25, 0.3) is 0 Å². The maximum absolute atomic E-state index is 12.6. The molecule has 2 aromatic rings. The quantitative estimate of drug-likeness (QED) is 0.851. The average molecular weight is 366 g/mol. The molecular formula is C20H26N6O. The Morgan fingerprint density at radius 3 is 2.41 bits per heavy atom. The highest BCUT2D eigenvalue weighted by Crippen LogP contribution is 2.33. The van der Waals surface area contributed by atoms with E-state index in [1.807, 2.05) is 26.1 Å². The zero-order valence-electron chi connectivity index (χ0n) is 16.3. The molecule has 142 valence electrons. The Morgan fingerprint density at radius 2 is 1.74 bits per heavy atom. The molecule has 1 aromatic carbocycles. The van der Waals surface area contributed by atoms with Crippen LogP contribution in [0, 0.1) is 13.8 Å². The summed E-state index contributed by atoms with van der Waals surface area (Å²) in [6.45, 7) is 6.25. The Morgan fingerprint density at radius 1 is 1.11 bits per heavy atom. The van der Waals surface area contributed by atoms with Crippen molar-refractivity contribution in [3.63, 3.8) is 0 Å². The first-order chi connectivity index (χ1) is 12.9. The Balaban J connectivity index is 1.66. The van der Waals surface area contributed by atoms with Gasteiger partial charge in [0.05, 0.1) is 11.4 Å². The maximum atomic E-state index is 12.6. The van der Waals surface area contributed by atoms with Crippen LogP contribution in [0.1, 0.15) is 34.3 Å². The zero-order valence-corrected chi connectivity index (χ0v) is 16.3. The van der Waals surface area contributed by atoms with Gasteiger partial charge in [0, 0.05) is 19.3 Å². The number of benzene rings is 1. The third-order valence-electron chi connectivity index (χ3n) is 5.71. The zero-order chi connectivity index (χ0) is 19.1. The Bertz CT molecular complexity index is 888. The highest BCUT2D eigenvalue weighted by atomic mass is 16.1. The van der Waals surface area contributed by atoms with Crippen LogP contribution in [0.5, 0.6) is 0 Å². The number of carbonyl (C=O) groups excluding carboxylic acids is 1. The topological polar surface area (TPSA) is 73.4 Å². The first kappa shape index (κ1) is 17.7. The number of carbonyl (C=O) groups is 1. The average Bonchev–Trinajstić information content (AvgIpc) is 2.78. The summed E-state index contributed by atoms with van der Waals surface area (Å²) in [5.41, 5.74) is 4.39. The molecule has 1 aromatic heterocycles. The molecule has 27 heavy (non-hydrogen) atoms. The van der Waals surface area contributed by atoms with E-state index in [0.717, 1.165) is 48.4 Å². The first-order valence-electron chi connectivity index (χ1n) is 9.40. The van der Waals surface area contributed by atoms with Crippen molar-refractivity contribution in [2.24, 2.45) is 0 Å². The van der Waals surface area contributed by atoms with Gasteiger partial charge in [-0.25, -0.2) is 4.98 Å². The molecule has 1 amide bonds. The molecule has 0 atom stereocenters. The number of nitrogens with zero attached hydrogens (tertiary/aromatic N) is 4. The van der Waals surface area contributed by atoms with E-state index in [1.165, 1.54) is 0 Å². The van der Waals surface area contributed by atoms with Gasteiger partial charge >= 0.3 is 0 Å². The van der Waals surface area contributed by atoms with Crippen LogP contribution in [0.15, 0.2) is 18.3 Å². The monoisotopic (exact) mass is 366 g/mol. The summed E-state index contributed by atoms with van der Waals surface area (Å²) in [6.07, 6.45) is 3.79. The van der Waals surface area contributed by atoms with Gasteiger partial charge < -0.3 is 20.4 Å². The molecule has 2 aliphatic heterocycles. The second-order valence-electron chi connectivity index (χ2n) is 7.64. The van der Waals surface area contributed by atoms with Crippen LogP contribution in [0.4, 0.5) is 23.1 Å². The molecule has 0 unspecified atom stereocenters. The van der Waals surface area contributed by atoms with E-state index in [9.17, 15) is 4.79 Å². The molecular weight excluding hydrogens is 340 g/mol. The number of piperidine rings is 1. The minimum atomic E-state index is -0.187. The Labute approximate surface area is 159 Å². The molecule has 7 nitrogen and oxygen atoms in total. The maximum Gasteiger partial charge on any atom is 0.261 e. The summed E-state index contributed by atoms with van der Waals surface area (Å²) in [4.78, 5) is 26.3. The highest BCUT2D eigenvalue weighted by Gasteiger charge is 2.26. The van der Waals surface area contributed by atoms with Crippen LogP contribution in [0.2, 0.25) is 0 Å². The number of amides is 1. The number of rotatable bonds is 2. The van der Waals surface area contributed by atoms with Crippen molar-refractivity contribution in [3.05, 3.63) is 35.0 Å². The fraction of sp³-hybridized carbons (Fsp3) is 0.450. The summed E-state index contributed by atoms with van der Waals surface area (Å²) < 4.78 is 0. The number of likely N-dealkylation sites (tertiary alicyclic amines) is 1. The smallest absolute Gasteiger partial charge is 0.261 e. The van der Waals surface area contributed by atoms with Crippen molar-refractivity contribution in [1.82, 2.24) is 14.9 Å². The van der Waals surface area contributed by atoms with Gasteiger partial charge in [0.15, 0.2) is 0 Å². The van der Waals surface area contributed by atoms with Gasteiger partial charge in [-0.15, -0.1) is 0 Å². The SMILES string of the molecule is Cc1cc2c(cc1C)Nc1nc(N(C)C3CCN(C)CC3)ncc1C(=O)N2. The molecule has 3 heterocycles. The molecule has 0 saturated carbocycles. The van der Waals surface area contributed by atoms with E-state index in [1.54, 1.807) is 6.20 Å². The highest BCUT2D eigenvalue weighted by molar-refractivity contribution is 6.11. The minimum absolute atomic E-state index is 0.187. The van der Waals surface area contributed by atoms with Gasteiger partial charge in [-0.05, 0) is 70.1 Å². The van der Waals surface area contributed by atoms with Gasteiger partial charge in [-0.3, -0.25) is 4.79 Å². The fourth-order valence-electron chi connectivity index (χ4n) is 3.69. The van der Waals surface area contributed by atoms with Gasteiger partial charge in [0.2, 0.25) is 5.95 Å². The molecule has 0 radical (unpaired) electrons. The molecule has 0 spiro atoms. The lowest BCUT2D eigenvalue weighted by Crippen LogP contribution is -2.42. The van der Waals surface area contributed by atoms with E-state index in [-0.39, 0.29) is 5.91 Å². The Kier molecular flexibility index (Phi) is 4.47. The van der Waals surface area contributed by atoms with Gasteiger partial charge in [-0.1, -0.05) is 0 Å². The molecule has 2 N–H and O–H groups in total. The van der Waals surface area contributed by atoms with E-state index in [0.29, 0.717) is 23.4 Å². The van der Waals surface area contributed by atoms with E-state index in [4.69, 9.17) is 4.98 Å². The minimum Gasteiger partial charge on any atom is -0.341 e. The number of aryl methyl sites for hydroxylation is 2. The summed E-state index contributed by atoms with van der Waals surface area (Å²) in [5, 5.41) is 6.30.